The van der Waals surface area contributed by atoms with Crippen LogP contribution < -0.4 is 4.90 Å². The van der Waals surface area contributed by atoms with Gasteiger partial charge in [-0.1, -0.05) is 88.4 Å². The number of fused-ring (bicyclic) bond motifs is 6. The smallest absolute Gasteiger partial charge is 0.0494 e. The van der Waals surface area contributed by atoms with Crippen LogP contribution >= 0.6 is 0 Å². The van der Waals surface area contributed by atoms with Gasteiger partial charge in [0.15, 0.2) is 0 Å². The molecule has 2 aliphatic carbocycles. The van der Waals surface area contributed by atoms with Gasteiger partial charge in [-0.05, 0) is 87.8 Å². The van der Waals surface area contributed by atoms with Crippen molar-refractivity contribution in [1.29, 1.82) is 0 Å². The molecule has 0 saturated carbocycles. The summed E-state index contributed by atoms with van der Waals surface area (Å²) in [5.74, 6) is 0. The molecule has 0 radical (unpaired) electrons. The van der Waals surface area contributed by atoms with E-state index in [1.54, 1.807) is 0 Å². The average Bonchev–Trinajstić information content (AvgIpc) is 3.29. The van der Waals surface area contributed by atoms with Gasteiger partial charge >= 0.3 is 0 Å². The standard InChI is InChI=1S/C36H32N2/c1-23-20-26(18-19-37-23)38(24-15-17-33-30(21-24)28-11-7-9-13-32(28)35(33,2)3)25-14-16-29-27-10-6-8-12-31(27)36(4,5)34(29)22-25/h6-22H,1-5H3. The van der Waals surface area contributed by atoms with Crippen LogP contribution in [0.1, 0.15) is 55.6 Å². The van der Waals surface area contributed by atoms with E-state index in [9.17, 15) is 0 Å². The second-order valence-corrected chi connectivity index (χ2v) is 11.8. The summed E-state index contributed by atoms with van der Waals surface area (Å²) in [5.41, 5.74) is 15.3. The van der Waals surface area contributed by atoms with Crippen LogP contribution in [0, 0.1) is 6.92 Å². The maximum Gasteiger partial charge on any atom is 0.0494 e. The molecular weight excluding hydrogens is 460 g/mol. The van der Waals surface area contributed by atoms with Crippen LogP contribution in [0.3, 0.4) is 0 Å². The first-order valence-corrected chi connectivity index (χ1v) is 13.5. The van der Waals surface area contributed by atoms with Crippen LogP contribution in [0.25, 0.3) is 22.3 Å². The predicted molar refractivity (Wildman–Crippen MR) is 159 cm³/mol. The first-order chi connectivity index (χ1) is 18.3. The molecule has 0 aliphatic heterocycles. The topological polar surface area (TPSA) is 16.1 Å². The molecule has 0 N–H and O–H groups in total. The van der Waals surface area contributed by atoms with Crippen molar-refractivity contribution >= 4 is 17.1 Å². The Morgan fingerprint density at radius 2 is 1.03 bits per heavy atom. The number of aryl methyl sites for hydroxylation is 1. The van der Waals surface area contributed by atoms with Crippen molar-refractivity contribution in [2.75, 3.05) is 4.90 Å². The van der Waals surface area contributed by atoms with Crippen molar-refractivity contribution in [3.63, 3.8) is 0 Å². The zero-order chi connectivity index (χ0) is 26.2. The third-order valence-electron chi connectivity index (χ3n) is 8.79. The molecule has 7 rings (SSSR count). The van der Waals surface area contributed by atoms with E-state index in [4.69, 9.17) is 0 Å². The van der Waals surface area contributed by atoms with E-state index in [2.05, 4.69) is 142 Å². The summed E-state index contributed by atoms with van der Waals surface area (Å²) in [7, 11) is 0. The predicted octanol–water partition coefficient (Wildman–Crippen LogP) is 9.47. The number of benzene rings is 4. The fourth-order valence-electron chi connectivity index (χ4n) is 6.80. The average molecular weight is 493 g/mol. The van der Waals surface area contributed by atoms with Crippen molar-refractivity contribution < 1.29 is 0 Å². The molecule has 2 heteroatoms. The SMILES string of the molecule is Cc1cc(N(c2ccc3c(c2)-c2ccccc2C3(C)C)c2ccc3c(c2)C(C)(C)c2ccccc2-3)ccn1. The summed E-state index contributed by atoms with van der Waals surface area (Å²) in [6.07, 6.45) is 1.91. The highest BCUT2D eigenvalue weighted by Gasteiger charge is 2.37. The molecule has 5 aromatic rings. The molecule has 0 amide bonds. The highest BCUT2D eigenvalue weighted by Crippen LogP contribution is 2.52. The van der Waals surface area contributed by atoms with Crippen LogP contribution in [-0.4, -0.2) is 4.98 Å². The highest BCUT2D eigenvalue weighted by molar-refractivity contribution is 5.88. The first kappa shape index (κ1) is 23.0. The molecule has 0 unspecified atom stereocenters. The molecule has 1 heterocycles. The van der Waals surface area contributed by atoms with Gasteiger partial charge in [-0.3, -0.25) is 4.98 Å². The molecule has 0 spiro atoms. The van der Waals surface area contributed by atoms with Crippen LogP contribution in [0.5, 0.6) is 0 Å². The largest absolute Gasteiger partial charge is 0.310 e. The molecule has 38 heavy (non-hydrogen) atoms. The fraction of sp³-hybridized carbons (Fsp3) is 0.194. The van der Waals surface area contributed by atoms with Crippen LogP contribution in [0.4, 0.5) is 17.1 Å². The summed E-state index contributed by atoms with van der Waals surface area (Å²) in [6.45, 7) is 11.4. The van der Waals surface area contributed by atoms with E-state index < -0.39 is 0 Å². The van der Waals surface area contributed by atoms with Gasteiger partial charge in [0.05, 0.1) is 0 Å². The van der Waals surface area contributed by atoms with E-state index >= 15 is 0 Å². The third kappa shape index (κ3) is 3.16. The molecule has 0 saturated heterocycles. The number of pyridine rings is 1. The minimum absolute atomic E-state index is 0.00802. The summed E-state index contributed by atoms with van der Waals surface area (Å²) in [6, 6.07) is 36.0. The molecule has 0 bridgehead atoms. The number of rotatable bonds is 3. The number of hydrogen-bond donors (Lipinski definition) is 0. The van der Waals surface area contributed by atoms with Crippen LogP contribution in [0.2, 0.25) is 0 Å². The van der Waals surface area contributed by atoms with Gasteiger partial charge in [-0.2, -0.15) is 0 Å². The highest BCUT2D eigenvalue weighted by atomic mass is 15.1. The van der Waals surface area contributed by atoms with Gasteiger partial charge in [0.2, 0.25) is 0 Å². The Morgan fingerprint density at radius 3 is 1.74 bits per heavy atom. The third-order valence-corrected chi connectivity index (χ3v) is 8.79. The van der Waals surface area contributed by atoms with E-state index in [0.717, 1.165) is 17.1 Å². The van der Waals surface area contributed by atoms with Crippen molar-refractivity contribution in [2.24, 2.45) is 0 Å². The monoisotopic (exact) mass is 492 g/mol. The Hall–Kier alpha value is -4.17. The number of nitrogens with zero attached hydrogens (tertiary/aromatic N) is 2. The number of anilines is 3. The summed E-state index contributed by atoms with van der Waals surface area (Å²) in [4.78, 5) is 6.89. The summed E-state index contributed by atoms with van der Waals surface area (Å²) >= 11 is 0. The minimum Gasteiger partial charge on any atom is -0.310 e. The Kier molecular flexibility index (Phi) is 4.79. The second-order valence-electron chi connectivity index (χ2n) is 11.8. The quantitative estimate of drug-likeness (QED) is 0.249. The van der Waals surface area contributed by atoms with Gasteiger partial charge in [0.1, 0.15) is 0 Å². The van der Waals surface area contributed by atoms with Crippen molar-refractivity contribution in [1.82, 2.24) is 4.98 Å². The van der Waals surface area contributed by atoms with Crippen LogP contribution in [0.15, 0.2) is 103 Å². The number of hydrogen-bond acceptors (Lipinski definition) is 2. The molecule has 0 atom stereocenters. The van der Waals surface area contributed by atoms with E-state index in [1.807, 2.05) is 6.20 Å². The summed E-state index contributed by atoms with van der Waals surface area (Å²) < 4.78 is 0. The summed E-state index contributed by atoms with van der Waals surface area (Å²) in [5, 5.41) is 0. The molecule has 1 aromatic heterocycles. The zero-order valence-corrected chi connectivity index (χ0v) is 22.7. The van der Waals surface area contributed by atoms with Crippen molar-refractivity contribution in [3.05, 3.63) is 131 Å². The van der Waals surface area contributed by atoms with Gasteiger partial charge in [0, 0.05) is 39.8 Å². The lowest BCUT2D eigenvalue weighted by molar-refractivity contribution is 0.660. The zero-order valence-electron chi connectivity index (χ0n) is 22.7. The first-order valence-electron chi connectivity index (χ1n) is 13.5. The van der Waals surface area contributed by atoms with Gasteiger partial charge < -0.3 is 4.90 Å². The maximum atomic E-state index is 4.50. The molecular formula is C36H32N2. The Bertz CT molecular complexity index is 1740. The van der Waals surface area contributed by atoms with E-state index in [-0.39, 0.29) is 10.8 Å². The Morgan fingerprint density at radius 1 is 0.500 bits per heavy atom. The van der Waals surface area contributed by atoms with Crippen molar-refractivity contribution in [3.8, 4) is 22.3 Å². The Balaban J connectivity index is 1.44. The maximum absolute atomic E-state index is 4.50. The lowest BCUT2D eigenvalue weighted by atomic mass is 9.82. The molecule has 2 aliphatic rings. The fourth-order valence-corrected chi connectivity index (χ4v) is 6.80. The second kappa shape index (κ2) is 7.91. The molecule has 186 valence electrons. The van der Waals surface area contributed by atoms with E-state index in [0.29, 0.717) is 0 Å². The number of aromatic nitrogens is 1. The lowest BCUT2D eigenvalue weighted by Gasteiger charge is -2.29. The minimum atomic E-state index is -0.0529. The van der Waals surface area contributed by atoms with E-state index in [1.165, 1.54) is 50.2 Å². The van der Waals surface area contributed by atoms with Gasteiger partial charge in [-0.25, -0.2) is 0 Å². The Labute approximate surface area is 225 Å². The molecule has 2 nitrogen and oxygen atoms in total. The molecule has 4 aromatic carbocycles. The normalized spacial score (nSPS) is 15.4. The van der Waals surface area contributed by atoms with Crippen LogP contribution in [-0.2, 0) is 10.8 Å². The van der Waals surface area contributed by atoms with Gasteiger partial charge in [-0.15, -0.1) is 0 Å². The van der Waals surface area contributed by atoms with Crippen molar-refractivity contribution in [2.45, 2.75) is 45.4 Å². The lowest BCUT2D eigenvalue weighted by Crippen LogP contribution is -2.17. The molecule has 0 fully saturated rings. The van der Waals surface area contributed by atoms with Gasteiger partial charge in [0.25, 0.3) is 0 Å².